The first-order valence-electron chi connectivity index (χ1n) is 5.61. The van der Waals surface area contributed by atoms with Gasteiger partial charge >= 0.3 is 11.9 Å². The Morgan fingerprint density at radius 3 is 2.84 bits per heavy atom. The molecule has 1 N–H and O–H groups in total. The number of aromatic nitrogens is 1. The maximum Gasteiger partial charge on any atom is 0.354 e. The zero-order valence-electron chi connectivity index (χ0n) is 10.2. The Morgan fingerprint density at radius 2 is 2.21 bits per heavy atom. The van der Waals surface area contributed by atoms with Crippen molar-refractivity contribution in [1.82, 2.24) is 4.57 Å². The lowest BCUT2D eigenvalue weighted by Crippen LogP contribution is -2.11. The lowest BCUT2D eigenvalue weighted by atomic mass is 10.3. The van der Waals surface area contributed by atoms with E-state index < -0.39 is 11.9 Å². The quantitative estimate of drug-likeness (QED) is 0.627. The molecule has 0 saturated carbocycles. The molecule has 7 heteroatoms. The fraction of sp³-hybridized carbons (Fsp3) is 0.333. The van der Waals surface area contributed by atoms with Gasteiger partial charge in [-0.2, -0.15) is 0 Å². The van der Waals surface area contributed by atoms with Gasteiger partial charge in [-0.1, -0.05) is 0 Å². The second kappa shape index (κ2) is 5.91. The van der Waals surface area contributed by atoms with Crippen LogP contribution in [0.25, 0.3) is 10.2 Å². The average molecular weight is 393 g/mol. The standard InChI is InChI=1S/C12H12INO4S/c1-18-12(17)8-5-9-7(6-10(13)19-9)14(8)4-2-3-11(15)16/h5-6H,2-4H2,1H3,(H,15,16). The van der Waals surface area contributed by atoms with Crippen LogP contribution in [0.4, 0.5) is 0 Å². The maximum absolute atomic E-state index is 11.7. The summed E-state index contributed by atoms with van der Waals surface area (Å²) in [5, 5.41) is 8.68. The van der Waals surface area contributed by atoms with Crippen molar-refractivity contribution in [1.29, 1.82) is 0 Å². The Morgan fingerprint density at radius 1 is 1.47 bits per heavy atom. The molecule has 2 aromatic rings. The number of aliphatic carboxylic acids is 1. The summed E-state index contributed by atoms with van der Waals surface area (Å²) in [6.45, 7) is 0.493. The van der Waals surface area contributed by atoms with Crippen LogP contribution in [0.1, 0.15) is 23.3 Å². The largest absolute Gasteiger partial charge is 0.481 e. The Hall–Kier alpha value is -1.09. The van der Waals surface area contributed by atoms with Crippen LogP contribution in [0, 0.1) is 2.88 Å². The van der Waals surface area contributed by atoms with Crippen LogP contribution < -0.4 is 0 Å². The monoisotopic (exact) mass is 393 g/mol. The molecule has 19 heavy (non-hydrogen) atoms. The zero-order valence-corrected chi connectivity index (χ0v) is 13.2. The Kier molecular flexibility index (Phi) is 4.46. The van der Waals surface area contributed by atoms with Crippen LogP contribution in [0.3, 0.4) is 0 Å². The average Bonchev–Trinajstić information content (AvgIpc) is 2.85. The number of methoxy groups -OCH3 is 1. The predicted molar refractivity (Wildman–Crippen MR) is 80.7 cm³/mol. The molecule has 0 aliphatic heterocycles. The normalized spacial score (nSPS) is 10.8. The van der Waals surface area contributed by atoms with Crippen molar-refractivity contribution in [3.63, 3.8) is 0 Å². The van der Waals surface area contributed by atoms with E-state index >= 15 is 0 Å². The minimum Gasteiger partial charge on any atom is -0.481 e. The summed E-state index contributed by atoms with van der Waals surface area (Å²) in [4.78, 5) is 22.3. The van der Waals surface area contributed by atoms with Gasteiger partial charge in [-0.3, -0.25) is 4.79 Å². The highest BCUT2D eigenvalue weighted by Crippen LogP contribution is 2.30. The molecule has 102 valence electrons. The predicted octanol–water partition coefficient (Wildman–Crippen LogP) is 2.96. The lowest BCUT2D eigenvalue weighted by Gasteiger charge is -2.07. The fourth-order valence-electron chi connectivity index (χ4n) is 1.91. The smallest absolute Gasteiger partial charge is 0.354 e. The van der Waals surface area contributed by atoms with Gasteiger partial charge in [0.25, 0.3) is 0 Å². The minimum absolute atomic E-state index is 0.0848. The molecule has 5 nitrogen and oxygen atoms in total. The summed E-state index contributed by atoms with van der Waals surface area (Å²) >= 11 is 3.82. The molecule has 0 atom stereocenters. The van der Waals surface area contributed by atoms with Crippen molar-refractivity contribution in [2.45, 2.75) is 19.4 Å². The third kappa shape index (κ3) is 3.08. The number of thiophene rings is 1. The van der Waals surface area contributed by atoms with Gasteiger partial charge in [-0.05, 0) is 41.1 Å². The topological polar surface area (TPSA) is 68.5 Å². The van der Waals surface area contributed by atoms with Crippen molar-refractivity contribution < 1.29 is 19.4 Å². The highest BCUT2D eigenvalue weighted by atomic mass is 127. The summed E-state index contributed by atoms with van der Waals surface area (Å²) in [5.41, 5.74) is 1.44. The number of hydrogen-bond donors (Lipinski definition) is 1. The third-order valence-corrected chi connectivity index (χ3v) is 4.56. The van der Waals surface area contributed by atoms with Gasteiger partial charge in [0.1, 0.15) is 5.69 Å². The highest BCUT2D eigenvalue weighted by Gasteiger charge is 2.17. The van der Waals surface area contributed by atoms with Gasteiger partial charge in [0.2, 0.25) is 0 Å². The molecule has 0 aliphatic carbocycles. The highest BCUT2D eigenvalue weighted by molar-refractivity contribution is 14.1. The number of ether oxygens (including phenoxy) is 1. The fourth-order valence-corrected chi connectivity index (χ4v) is 3.75. The molecule has 0 fully saturated rings. The molecule has 0 aliphatic rings. The van der Waals surface area contributed by atoms with E-state index in [0.29, 0.717) is 18.7 Å². The van der Waals surface area contributed by atoms with Crippen molar-refractivity contribution in [2.24, 2.45) is 0 Å². The molecular formula is C12H12INO4S. The molecule has 0 bridgehead atoms. The van der Waals surface area contributed by atoms with Crippen LogP contribution in [0.5, 0.6) is 0 Å². The number of nitrogens with zero attached hydrogens (tertiary/aromatic N) is 1. The first-order valence-corrected chi connectivity index (χ1v) is 7.51. The first kappa shape index (κ1) is 14.3. The maximum atomic E-state index is 11.7. The van der Waals surface area contributed by atoms with Crippen LogP contribution in [-0.2, 0) is 16.1 Å². The Balaban J connectivity index is 2.35. The molecule has 2 aromatic heterocycles. The summed E-state index contributed by atoms with van der Waals surface area (Å²) in [7, 11) is 1.34. The van der Waals surface area contributed by atoms with Gasteiger partial charge in [-0.15, -0.1) is 11.3 Å². The molecule has 0 saturated heterocycles. The zero-order chi connectivity index (χ0) is 14.0. The molecule has 0 unspecified atom stereocenters. The number of hydrogen-bond acceptors (Lipinski definition) is 4. The van der Waals surface area contributed by atoms with E-state index in [-0.39, 0.29) is 6.42 Å². The van der Waals surface area contributed by atoms with Gasteiger partial charge in [0.15, 0.2) is 0 Å². The number of aryl methyl sites for hydroxylation is 1. The van der Waals surface area contributed by atoms with E-state index in [4.69, 9.17) is 9.84 Å². The van der Waals surface area contributed by atoms with Crippen molar-refractivity contribution in [3.05, 3.63) is 20.7 Å². The Bertz CT molecular complexity index is 631. The van der Waals surface area contributed by atoms with Gasteiger partial charge in [-0.25, -0.2) is 4.79 Å². The van der Waals surface area contributed by atoms with Crippen LogP contribution >= 0.6 is 33.9 Å². The van der Waals surface area contributed by atoms with E-state index in [0.717, 1.165) is 13.1 Å². The summed E-state index contributed by atoms with van der Waals surface area (Å²) in [5.74, 6) is -1.23. The summed E-state index contributed by atoms with van der Waals surface area (Å²) < 4.78 is 8.74. The van der Waals surface area contributed by atoms with Gasteiger partial charge in [0.05, 0.1) is 20.2 Å². The van der Waals surface area contributed by atoms with Crippen molar-refractivity contribution >= 4 is 56.1 Å². The summed E-state index contributed by atoms with van der Waals surface area (Å²) in [6.07, 6.45) is 0.567. The first-order chi connectivity index (χ1) is 9.02. The third-order valence-electron chi connectivity index (χ3n) is 2.73. The summed E-state index contributed by atoms with van der Waals surface area (Å²) in [6, 6.07) is 3.79. The van der Waals surface area contributed by atoms with E-state index in [2.05, 4.69) is 22.6 Å². The molecule has 2 rings (SSSR count). The van der Waals surface area contributed by atoms with E-state index in [1.807, 2.05) is 10.6 Å². The number of carbonyl (C=O) groups excluding carboxylic acids is 1. The van der Waals surface area contributed by atoms with Crippen molar-refractivity contribution in [3.8, 4) is 0 Å². The van der Waals surface area contributed by atoms with E-state index in [1.54, 1.807) is 17.4 Å². The van der Waals surface area contributed by atoms with Gasteiger partial charge < -0.3 is 14.4 Å². The molecule has 0 spiro atoms. The number of rotatable bonds is 5. The van der Waals surface area contributed by atoms with E-state index in [9.17, 15) is 9.59 Å². The molecule has 2 heterocycles. The lowest BCUT2D eigenvalue weighted by molar-refractivity contribution is -0.137. The molecule has 0 amide bonds. The van der Waals surface area contributed by atoms with Crippen LogP contribution in [0.2, 0.25) is 0 Å². The molecule has 0 aromatic carbocycles. The van der Waals surface area contributed by atoms with Crippen LogP contribution in [-0.4, -0.2) is 28.7 Å². The number of carboxylic acids is 1. The second-order valence-corrected chi connectivity index (χ2v) is 6.95. The second-order valence-electron chi connectivity index (χ2n) is 3.97. The Labute approximate surface area is 127 Å². The minimum atomic E-state index is -0.831. The SMILES string of the molecule is COC(=O)c1cc2sc(I)cc2n1CCCC(=O)O. The number of carboxylic acid groups (broad SMARTS) is 1. The van der Waals surface area contributed by atoms with Gasteiger partial charge in [0, 0.05) is 13.0 Å². The number of halogens is 1. The van der Waals surface area contributed by atoms with Crippen molar-refractivity contribution in [2.75, 3.05) is 7.11 Å². The molecule has 0 radical (unpaired) electrons. The van der Waals surface area contributed by atoms with E-state index in [1.165, 1.54) is 7.11 Å². The molecular weight excluding hydrogens is 381 g/mol. The van der Waals surface area contributed by atoms with Crippen LogP contribution in [0.15, 0.2) is 12.1 Å². The number of carbonyl (C=O) groups is 2. The number of fused-ring (bicyclic) bond motifs is 1. The number of esters is 1.